The lowest BCUT2D eigenvalue weighted by Crippen LogP contribution is -2.47. The van der Waals surface area contributed by atoms with Gasteiger partial charge < -0.3 is 14.3 Å². The molecule has 2 aromatic heterocycles. The highest BCUT2D eigenvalue weighted by Crippen LogP contribution is 2.29. The highest BCUT2D eigenvalue weighted by atomic mass is 32.2. The monoisotopic (exact) mass is 475 g/mol. The van der Waals surface area contributed by atoms with Gasteiger partial charge >= 0.3 is 0 Å². The van der Waals surface area contributed by atoms with Gasteiger partial charge in [-0.15, -0.1) is 0 Å². The molecule has 0 radical (unpaired) electrons. The first-order valence-electron chi connectivity index (χ1n) is 11.9. The number of sulfonamides is 1. The van der Waals surface area contributed by atoms with Crippen molar-refractivity contribution in [2.24, 2.45) is 5.92 Å². The summed E-state index contributed by atoms with van der Waals surface area (Å²) in [4.78, 5) is 13.1. The van der Waals surface area contributed by atoms with Crippen LogP contribution in [0.3, 0.4) is 0 Å². The lowest BCUT2D eigenvalue weighted by Gasteiger charge is -2.32. The molecule has 1 amide bonds. The lowest BCUT2D eigenvalue weighted by atomic mass is 9.94. The summed E-state index contributed by atoms with van der Waals surface area (Å²) in [6.45, 7) is 2.16. The number of carbonyl (C=O) groups excluding carboxylic acids is 1. The van der Waals surface area contributed by atoms with E-state index in [0.717, 1.165) is 25.7 Å². The van der Waals surface area contributed by atoms with E-state index in [0.29, 0.717) is 30.8 Å². The van der Waals surface area contributed by atoms with Crippen LogP contribution in [-0.4, -0.2) is 42.9 Å². The van der Waals surface area contributed by atoms with Crippen LogP contribution in [0, 0.1) is 12.8 Å². The largest absolute Gasteiger partial charge is 0.465 e. The second kappa shape index (κ2) is 10.7. The Kier molecular flexibility index (Phi) is 7.70. The molecule has 33 heavy (non-hydrogen) atoms. The van der Waals surface area contributed by atoms with Crippen molar-refractivity contribution in [1.29, 1.82) is 0 Å². The van der Waals surface area contributed by atoms with Gasteiger partial charge in [0.2, 0.25) is 15.9 Å². The number of amides is 1. The Morgan fingerprint density at radius 3 is 2.61 bits per heavy atom. The normalized spacial score (nSPS) is 21.7. The molecule has 1 atom stereocenters. The fourth-order valence-electron chi connectivity index (χ4n) is 4.77. The van der Waals surface area contributed by atoms with Crippen molar-refractivity contribution in [2.45, 2.75) is 75.6 Å². The Morgan fingerprint density at radius 1 is 1.12 bits per heavy atom. The minimum absolute atomic E-state index is 0.0274. The topological polar surface area (TPSA) is 106 Å². The number of hydrogen-bond acceptors (Lipinski definition) is 6. The number of aromatic nitrogens is 1. The number of hydrogen-bond donors (Lipinski definition) is 1. The van der Waals surface area contributed by atoms with E-state index in [-0.39, 0.29) is 35.1 Å². The molecule has 2 fully saturated rings. The summed E-state index contributed by atoms with van der Waals surface area (Å²) in [6.07, 6.45) is 14.1. The van der Waals surface area contributed by atoms with Crippen LogP contribution >= 0.6 is 0 Å². The van der Waals surface area contributed by atoms with Gasteiger partial charge in [-0.2, -0.15) is 4.31 Å². The van der Waals surface area contributed by atoms with E-state index in [2.05, 4.69) is 10.5 Å². The third-order valence-electron chi connectivity index (χ3n) is 6.58. The van der Waals surface area contributed by atoms with E-state index >= 15 is 0 Å². The van der Waals surface area contributed by atoms with Crippen LogP contribution in [0.1, 0.15) is 75.0 Å². The summed E-state index contributed by atoms with van der Waals surface area (Å²) in [7, 11) is -3.87. The fourth-order valence-corrected chi connectivity index (χ4v) is 6.54. The number of carbonyl (C=O) groups is 1. The van der Waals surface area contributed by atoms with Gasteiger partial charge in [0.15, 0.2) is 10.7 Å². The summed E-state index contributed by atoms with van der Waals surface area (Å²) < 4.78 is 39.0. The minimum atomic E-state index is -3.87. The zero-order valence-corrected chi connectivity index (χ0v) is 20.0. The highest BCUT2D eigenvalue weighted by Gasteiger charge is 2.37. The predicted molar refractivity (Wildman–Crippen MR) is 125 cm³/mol. The summed E-state index contributed by atoms with van der Waals surface area (Å²) in [6, 6.07) is 3.71. The Labute approximate surface area is 195 Å². The van der Waals surface area contributed by atoms with Crippen LogP contribution in [0.15, 0.2) is 32.2 Å². The Hall–Kier alpha value is -2.39. The van der Waals surface area contributed by atoms with Crippen molar-refractivity contribution >= 4 is 28.1 Å². The first-order valence-corrected chi connectivity index (χ1v) is 13.4. The highest BCUT2D eigenvalue weighted by molar-refractivity contribution is 7.89. The average molecular weight is 476 g/mol. The maximum atomic E-state index is 13.5. The van der Waals surface area contributed by atoms with Crippen molar-refractivity contribution in [3.63, 3.8) is 0 Å². The molecule has 0 spiro atoms. The summed E-state index contributed by atoms with van der Waals surface area (Å²) in [5.74, 6) is 0.364. The molecule has 3 heterocycles. The Bertz CT molecular complexity index is 1050. The molecule has 0 aromatic carbocycles. The SMILES string of the molecule is Cc1noc(/C=C/c2ccco2)c1S(=O)(=O)N1CCC[C@@H](C(=O)NC2CCCCCCC2)C1. The van der Waals surface area contributed by atoms with Crippen LogP contribution < -0.4 is 5.32 Å². The van der Waals surface area contributed by atoms with Crippen LogP contribution in [-0.2, 0) is 14.8 Å². The first-order chi connectivity index (χ1) is 15.9. The van der Waals surface area contributed by atoms with Crippen molar-refractivity contribution in [3.8, 4) is 0 Å². The molecule has 0 bridgehead atoms. The van der Waals surface area contributed by atoms with Crippen LogP contribution in [0.4, 0.5) is 0 Å². The summed E-state index contributed by atoms with van der Waals surface area (Å²) >= 11 is 0. The summed E-state index contributed by atoms with van der Waals surface area (Å²) in [5, 5.41) is 7.09. The third kappa shape index (κ3) is 5.76. The van der Waals surface area contributed by atoms with E-state index < -0.39 is 10.0 Å². The Balaban J connectivity index is 1.46. The van der Waals surface area contributed by atoms with Gasteiger partial charge in [-0.3, -0.25) is 4.79 Å². The van der Waals surface area contributed by atoms with Crippen molar-refractivity contribution in [2.75, 3.05) is 13.1 Å². The van der Waals surface area contributed by atoms with E-state index in [4.69, 9.17) is 8.94 Å². The van der Waals surface area contributed by atoms with Gasteiger partial charge in [-0.25, -0.2) is 8.42 Å². The molecule has 1 N–H and O–H groups in total. The number of furan rings is 1. The van der Waals surface area contributed by atoms with Gasteiger partial charge in [0.1, 0.15) is 11.5 Å². The molecule has 9 heteroatoms. The molecule has 1 saturated carbocycles. The fraction of sp³-hybridized carbons (Fsp3) is 0.583. The number of aryl methyl sites for hydroxylation is 1. The minimum Gasteiger partial charge on any atom is -0.465 e. The predicted octanol–water partition coefficient (Wildman–Crippen LogP) is 4.38. The van der Waals surface area contributed by atoms with Crippen LogP contribution in [0.2, 0.25) is 0 Å². The molecule has 1 aliphatic heterocycles. The number of piperidine rings is 1. The van der Waals surface area contributed by atoms with Gasteiger partial charge in [-0.1, -0.05) is 37.3 Å². The standard InChI is InChI=1S/C24H33N3O5S/c1-18-23(22(32-26-18)14-13-21-12-8-16-31-21)33(29,30)27-15-7-9-19(17-27)24(28)25-20-10-5-3-2-4-6-11-20/h8,12-14,16,19-20H,2-7,9-11,15,17H2,1H3,(H,25,28)/b14-13+/t19-/m1/s1. The van der Waals surface area contributed by atoms with E-state index in [1.54, 1.807) is 37.5 Å². The van der Waals surface area contributed by atoms with E-state index in [1.807, 2.05) is 0 Å². The van der Waals surface area contributed by atoms with Gasteiger partial charge in [0, 0.05) is 19.1 Å². The number of nitrogens with zero attached hydrogens (tertiary/aromatic N) is 2. The van der Waals surface area contributed by atoms with Crippen LogP contribution in [0.5, 0.6) is 0 Å². The van der Waals surface area contributed by atoms with Gasteiger partial charge in [-0.05, 0) is 56.9 Å². The molecule has 4 rings (SSSR count). The van der Waals surface area contributed by atoms with Crippen LogP contribution in [0.25, 0.3) is 12.2 Å². The zero-order chi connectivity index (χ0) is 23.3. The van der Waals surface area contributed by atoms with E-state index in [9.17, 15) is 13.2 Å². The van der Waals surface area contributed by atoms with Crippen molar-refractivity contribution < 1.29 is 22.2 Å². The van der Waals surface area contributed by atoms with Crippen molar-refractivity contribution in [1.82, 2.24) is 14.8 Å². The maximum Gasteiger partial charge on any atom is 0.248 e. The second-order valence-corrected chi connectivity index (χ2v) is 10.9. The molecule has 1 aliphatic carbocycles. The first kappa shape index (κ1) is 23.8. The van der Waals surface area contributed by atoms with Gasteiger partial charge in [0.25, 0.3) is 0 Å². The van der Waals surface area contributed by atoms with Gasteiger partial charge in [0.05, 0.1) is 12.2 Å². The molecular formula is C24H33N3O5S. The quantitative estimate of drug-likeness (QED) is 0.665. The molecule has 1 saturated heterocycles. The third-order valence-corrected chi connectivity index (χ3v) is 8.60. The molecule has 0 unspecified atom stereocenters. The molecular weight excluding hydrogens is 442 g/mol. The Morgan fingerprint density at radius 2 is 1.88 bits per heavy atom. The smallest absolute Gasteiger partial charge is 0.248 e. The lowest BCUT2D eigenvalue weighted by molar-refractivity contribution is -0.126. The van der Waals surface area contributed by atoms with Crippen molar-refractivity contribution in [3.05, 3.63) is 35.6 Å². The number of rotatable bonds is 6. The molecule has 180 valence electrons. The average Bonchev–Trinajstić information content (AvgIpc) is 3.43. The maximum absolute atomic E-state index is 13.5. The van der Waals surface area contributed by atoms with E-state index in [1.165, 1.54) is 23.6 Å². The molecule has 2 aliphatic rings. The molecule has 2 aromatic rings. The second-order valence-electron chi connectivity index (χ2n) is 9.06. The number of nitrogens with one attached hydrogen (secondary N) is 1. The summed E-state index contributed by atoms with van der Waals surface area (Å²) in [5.41, 5.74) is 0.301. The molecule has 8 nitrogen and oxygen atoms in total. The zero-order valence-electron chi connectivity index (χ0n) is 19.2.